The number of nitrogens with zero attached hydrogens (tertiary/aromatic N) is 1. The third kappa shape index (κ3) is 4.36. The minimum absolute atomic E-state index is 0.328. The fourth-order valence-electron chi connectivity index (χ4n) is 2.99. The summed E-state index contributed by atoms with van der Waals surface area (Å²) in [6.45, 7) is 2.62. The van der Waals surface area contributed by atoms with Crippen LogP contribution in [0.15, 0.2) is 66.7 Å². The molecule has 3 aromatic rings. The van der Waals surface area contributed by atoms with E-state index >= 15 is 0 Å². The molecule has 0 saturated heterocycles. The Balaban J connectivity index is 1.54. The average Bonchev–Trinajstić information content (AvgIpc) is 2.78. The van der Waals surface area contributed by atoms with E-state index in [0.29, 0.717) is 24.5 Å². The Hall–Kier alpha value is -3.84. The van der Waals surface area contributed by atoms with Gasteiger partial charge in [0.2, 0.25) is 0 Å². The van der Waals surface area contributed by atoms with Crippen LogP contribution in [0.1, 0.15) is 39.8 Å². The van der Waals surface area contributed by atoms with Gasteiger partial charge in [-0.1, -0.05) is 30.2 Å². The summed E-state index contributed by atoms with van der Waals surface area (Å²) in [4.78, 5) is 16.4. The van der Waals surface area contributed by atoms with Crippen LogP contribution < -0.4 is 4.74 Å². The number of ether oxygens (including phenoxy) is 2. The Labute approximate surface area is 169 Å². The summed E-state index contributed by atoms with van der Waals surface area (Å²) in [5, 5.41) is 0. The maximum atomic E-state index is 11.7. The summed E-state index contributed by atoms with van der Waals surface area (Å²) in [5.74, 6) is 6.74. The van der Waals surface area contributed by atoms with E-state index in [1.54, 1.807) is 31.2 Å². The van der Waals surface area contributed by atoms with Crippen molar-refractivity contribution in [2.45, 2.75) is 6.92 Å². The summed E-state index contributed by atoms with van der Waals surface area (Å²) < 4.78 is 10.8. The number of esters is 1. The van der Waals surface area contributed by atoms with Gasteiger partial charge < -0.3 is 9.47 Å². The molecule has 1 aromatic heterocycles. The number of benzene rings is 2. The van der Waals surface area contributed by atoms with Gasteiger partial charge >= 0.3 is 5.97 Å². The lowest BCUT2D eigenvalue weighted by Crippen LogP contribution is -2.07. The number of carbonyl (C=O) groups is 1. The van der Waals surface area contributed by atoms with E-state index in [4.69, 9.17) is 9.47 Å². The van der Waals surface area contributed by atoms with Crippen LogP contribution in [0.2, 0.25) is 0 Å². The highest BCUT2D eigenvalue weighted by molar-refractivity contribution is 5.89. The van der Waals surface area contributed by atoms with Gasteiger partial charge in [-0.3, -0.25) is 0 Å². The Bertz CT molecular complexity index is 1130. The molecule has 0 N–H and O–H groups in total. The predicted molar refractivity (Wildman–Crippen MR) is 112 cm³/mol. The molecule has 0 aliphatic carbocycles. The Morgan fingerprint density at radius 1 is 1.03 bits per heavy atom. The molecular weight excluding hydrogens is 362 g/mol. The first-order valence-electron chi connectivity index (χ1n) is 9.42. The third-order valence-corrected chi connectivity index (χ3v) is 4.44. The van der Waals surface area contributed by atoms with Gasteiger partial charge in [0, 0.05) is 16.7 Å². The van der Waals surface area contributed by atoms with Gasteiger partial charge in [0.05, 0.1) is 17.9 Å². The lowest BCUT2D eigenvalue weighted by Gasteiger charge is -2.17. The fourth-order valence-corrected chi connectivity index (χ4v) is 2.99. The number of pyridine rings is 1. The van der Waals surface area contributed by atoms with E-state index in [9.17, 15) is 4.79 Å². The molecule has 29 heavy (non-hydrogen) atoms. The maximum Gasteiger partial charge on any atom is 0.338 e. The zero-order valence-corrected chi connectivity index (χ0v) is 16.0. The van der Waals surface area contributed by atoms with Crippen LogP contribution in [-0.4, -0.2) is 24.2 Å². The lowest BCUT2D eigenvalue weighted by molar-refractivity contribution is 0.0526. The first kappa shape index (κ1) is 18.5. The molecule has 0 saturated carbocycles. The second kappa shape index (κ2) is 8.45. The van der Waals surface area contributed by atoms with E-state index in [-0.39, 0.29) is 5.97 Å². The Morgan fingerprint density at radius 2 is 1.86 bits per heavy atom. The smallest absolute Gasteiger partial charge is 0.338 e. The van der Waals surface area contributed by atoms with Gasteiger partial charge in [0.1, 0.15) is 18.1 Å². The highest BCUT2D eigenvalue weighted by atomic mass is 16.5. The third-order valence-electron chi connectivity index (χ3n) is 4.44. The molecule has 2 heterocycles. The van der Waals surface area contributed by atoms with Crippen molar-refractivity contribution in [2.75, 3.05) is 13.2 Å². The quantitative estimate of drug-likeness (QED) is 0.492. The molecule has 0 bridgehead atoms. The molecule has 1 aliphatic heterocycles. The predicted octanol–water partition coefficient (Wildman–Crippen LogP) is 4.59. The van der Waals surface area contributed by atoms with Gasteiger partial charge in [0.15, 0.2) is 0 Å². The minimum atomic E-state index is -0.328. The molecule has 0 atom stereocenters. The highest BCUT2D eigenvalue weighted by Gasteiger charge is 2.13. The summed E-state index contributed by atoms with van der Waals surface area (Å²) in [5.41, 5.74) is 4.92. The number of rotatable bonds is 3. The molecule has 1 aliphatic rings. The van der Waals surface area contributed by atoms with Crippen molar-refractivity contribution in [3.05, 3.63) is 94.8 Å². The van der Waals surface area contributed by atoms with Gasteiger partial charge in [-0.25, -0.2) is 9.78 Å². The number of aromatic nitrogens is 1. The van der Waals surface area contributed by atoms with Crippen molar-refractivity contribution in [1.29, 1.82) is 0 Å². The lowest BCUT2D eigenvalue weighted by atomic mass is 10.0. The second-order valence-corrected chi connectivity index (χ2v) is 6.45. The van der Waals surface area contributed by atoms with Crippen LogP contribution in [0, 0.1) is 11.8 Å². The van der Waals surface area contributed by atoms with E-state index in [2.05, 4.69) is 22.9 Å². The Kier molecular flexibility index (Phi) is 5.40. The monoisotopic (exact) mass is 381 g/mol. The standard InChI is InChI=1S/C25H19NO3/c1-2-28-25(27)19-13-10-18(11-14-19)12-15-22-7-5-8-23(26-22)21-16-20-6-3-4-9-24(20)29-17-21/h3-11,13-14,16H,2,17H2,1H3. The van der Waals surface area contributed by atoms with Crippen LogP contribution in [0.25, 0.3) is 11.6 Å². The minimum Gasteiger partial charge on any atom is -0.488 e. The zero-order valence-electron chi connectivity index (χ0n) is 16.0. The van der Waals surface area contributed by atoms with E-state index < -0.39 is 0 Å². The molecule has 0 radical (unpaired) electrons. The number of fused-ring (bicyclic) bond motifs is 1. The van der Waals surface area contributed by atoms with Gasteiger partial charge in [-0.15, -0.1) is 0 Å². The van der Waals surface area contributed by atoms with Crippen LogP contribution in [0.4, 0.5) is 0 Å². The maximum absolute atomic E-state index is 11.7. The van der Waals surface area contributed by atoms with Crippen LogP contribution in [-0.2, 0) is 4.74 Å². The summed E-state index contributed by atoms with van der Waals surface area (Å²) in [7, 11) is 0. The first-order valence-corrected chi connectivity index (χ1v) is 9.42. The summed E-state index contributed by atoms with van der Waals surface area (Å²) >= 11 is 0. The van der Waals surface area contributed by atoms with E-state index in [0.717, 1.165) is 28.1 Å². The molecule has 2 aromatic carbocycles. The van der Waals surface area contributed by atoms with Crippen molar-refractivity contribution in [3.8, 4) is 17.6 Å². The molecule has 4 nitrogen and oxygen atoms in total. The number of carbonyl (C=O) groups excluding carboxylic acids is 1. The van der Waals surface area contributed by atoms with Gasteiger partial charge in [-0.05, 0) is 61.4 Å². The average molecular weight is 381 g/mol. The molecule has 4 heteroatoms. The molecule has 0 amide bonds. The highest BCUT2D eigenvalue weighted by Crippen LogP contribution is 2.29. The summed E-state index contributed by atoms with van der Waals surface area (Å²) in [6.07, 6.45) is 2.10. The SMILES string of the molecule is CCOC(=O)c1ccc(C#Cc2cccc(C3=Cc4ccccc4OC3)n2)cc1. The molecule has 0 fully saturated rings. The van der Waals surface area contributed by atoms with Crippen LogP contribution in [0.3, 0.4) is 0 Å². The van der Waals surface area contributed by atoms with E-state index in [1.165, 1.54) is 0 Å². The van der Waals surface area contributed by atoms with Crippen LogP contribution in [0.5, 0.6) is 5.75 Å². The van der Waals surface area contributed by atoms with Gasteiger partial charge in [0.25, 0.3) is 0 Å². The fraction of sp³-hybridized carbons (Fsp3) is 0.120. The largest absolute Gasteiger partial charge is 0.488 e. The molecule has 142 valence electrons. The number of hydrogen-bond donors (Lipinski definition) is 0. The summed E-state index contributed by atoms with van der Waals surface area (Å²) in [6, 6.07) is 20.8. The Morgan fingerprint density at radius 3 is 2.69 bits per heavy atom. The number of para-hydroxylation sites is 1. The van der Waals surface area contributed by atoms with Gasteiger partial charge in [-0.2, -0.15) is 0 Å². The van der Waals surface area contributed by atoms with Crippen molar-refractivity contribution >= 4 is 17.6 Å². The van der Waals surface area contributed by atoms with E-state index in [1.807, 2.05) is 42.5 Å². The second-order valence-electron chi connectivity index (χ2n) is 6.45. The van der Waals surface area contributed by atoms with Crippen molar-refractivity contribution in [2.24, 2.45) is 0 Å². The first-order chi connectivity index (χ1) is 14.2. The van der Waals surface area contributed by atoms with Crippen molar-refractivity contribution < 1.29 is 14.3 Å². The molecular formula is C25H19NO3. The zero-order chi connectivity index (χ0) is 20.1. The molecule has 4 rings (SSSR count). The molecule has 0 unspecified atom stereocenters. The topological polar surface area (TPSA) is 48.4 Å². The van der Waals surface area contributed by atoms with Crippen molar-refractivity contribution in [3.63, 3.8) is 0 Å². The number of hydrogen-bond acceptors (Lipinski definition) is 4. The molecule has 0 spiro atoms. The normalized spacial score (nSPS) is 12.0. The van der Waals surface area contributed by atoms with Crippen LogP contribution >= 0.6 is 0 Å². The van der Waals surface area contributed by atoms with Crippen molar-refractivity contribution in [1.82, 2.24) is 4.98 Å².